The Bertz CT molecular complexity index is 568. The minimum Gasteiger partial charge on any atom is -0.396 e. The van der Waals surface area contributed by atoms with Gasteiger partial charge >= 0.3 is 0 Å². The molecule has 1 heterocycles. The van der Waals surface area contributed by atoms with Crippen LogP contribution in [0, 0.1) is 11.2 Å². The number of aliphatic hydroxyl groups is 1. The molecule has 0 bridgehead atoms. The van der Waals surface area contributed by atoms with Crippen LogP contribution in [0.15, 0.2) is 24.3 Å². The molecule has 23 heavy (non-hydrogen) atoms. The number of carbonyl (C=O) groups excluding carboxylic acids is 1. The van der Waals surface area contributed by atoms with Gasteiger partial charge in [0.05, 0.1) is 5.41 Å². The summed E-state index contributed by atoms with van der Waals surface area (Å²) < 4.78 is 13.6. The molecule has 1 saturated heterocycles. The number of likely N-dealkylation sites (tertiary alicyclic amines) is 1. The predicted molar refractivity (Wildman–Crippen MR) is 87.6 cm³/mol. The van der Waals surface area contributed by atoms with Gasteiger partial charge in [-0.3, -0.25) is 4.79 Å². The van der Waals surface area contributed by atoms with Gasteiger partial charge in [-0.05, 0) is 55.2 Å². The first-order valence-electron chi connectivity index (χ1n) is 8.72. The van der Waals surface area contributed by atoms with Crippen LogP contribution in [0.1, 0.15) is 51.0 Å². The van der Waals surface area contributed by atoms with E-state index >= 15 is 0 Å². The van der Waals surface area contributed by atoms with Crippen molar-refractivity contribution in [2.45, 2.75) is 50.9 Å². The Morgan fingerprint density at radius 3 is 2.43 bits per heavy atom. The fourth-order valence-electron chi connectivity index (χ4n) is 4.05. The van der Waals surface area contributed by atoms with E-state index in [1.165, 1.54) is 12.1 Å². The van der Waals surface area contributed by atoms with E-state index in [9.17, 15) is 14.3 Å². The van der Waals surface area contributed by atoms with Crippen LogP contribution >= 0.6 is 0 Å². The van der Waals surface area contributed by atoms with Crippen molar-refractivity contribution in [1.82, 2.24) is 4.90 Å². The van der Waals surface area contributed by atoms with E-state index in [4.69, 9.17) is 0 Å². The highest BCUT2D eigenvalue weighted by Gasteiger charge is 2.49. The predicted octanol–water partition coefficient (Wildman–Crippen LogP) is 3.26. The van der Waals surface area contributed by atoms with Crippen LogP contribution in [-0.4, -0.2) is 35.6 Å². The summed E-state index contributed by atoms with van der Waals surface area (Å²) in [7, 11) is 0. The first kappa shape index (κ1) is 16.4. The molecule has 3 rings (SSSR count). The molecule has 0 radical (unpaired) electrons. The fourth-order valence-corrected chi connectivity index (χ4v) is 4.05. The molecule has 1 N–H and O–H groups in total. The third kappa shape index (κ3) is 2.78. The van der Waals surface area contributed by atoms with Gasteiger partial charge in [0.15, 0.2) is 0 Å². The van der Waals surface area contributed by atoms with Crippen molar-refractivity contribution in [3.05, 3.63) is 35.6 Å². The van der Waals surface area contributed by atoms with Gasteiger partial charge in [0.2, 0.25) is 5.91 Å². The summed E-state index contributed by atoms with van der Waals surface area (Å²) in [6.07, 6.45) is 5.29. The molecule has 1 saturated carbocycles. The number of benzene rings is 1. The van der Waals surface area contributed by atoms with Crippen LogP contribution in [0.2, 0.25) is 0 Å². The summed E-state index contributed by atoms with van der Waals surface area (Å²) in [5, 5.41) is 9.65. The second kappa shape index (κ2) is 6.23. The van der Waals surface area contributed by atoms with Crippen molar-refractivity contribution in [1.29, 1.82) is 0 Å². The number of carbonyl (C=O) groups is 1. The maximum atomic E-state index is 13.6. The van der Waals surface area contributed by atoms with Gasteiger partial charge in [-0.2, -0.15) is 0 Å². The number of aliphatic hydroxyl groups excluding tert-OH is 1. The molecule has 1 aliphatic heterocycles. The summed E-state index contributed by atoms with van der Waals surface area (Å²) in [5.74, 6) is -0.123. The Morgan fingerprint density at radius 1 is 1.26 bits per heavy atom. The molecule has 0 atom stereocenters. The molecule has 1 amide bonds. The summed E-state index contributed by atoms with van der Waals surface area (Å²) in [6.45, 7) is 3.70. The Labute approximate surface area is 137 Å². The number of piperidine rings is 1. The first-order valence-corrected chi connectivity index (χ1v) is 8.72. The zero-order valence-electron chi connectivity index (χ0n) is 13.9. The summed E-state index contributed by atoms with van der Waals surface area (Å²) in [6, 6.07) is 6.53. The topological polar surface area (TPSA) is 40.5 Å². The second-order valence-electron chi connectivity index (χ2n) is 7.25. The quantitative estimate of drug-likeness (QED) is 0.925. The molecule has 126 valence electrons. The molecular weight excluding hydrogens is 293 g/mol. The van der Waals surface area contributed by atoms with E-state index in [0.717, 1.165) is 44.1 Å². The first-order chi connectivity index (χ1) is 11.1. The SMILES string of the molecule is CCC1(CO)CCN(C(=O)C2(c3cccc(F)c3)CCC2)CC1. The van der Waals surface area contributed by atoms with Crippen molar-refractivity contribution < 1.29 is 14.3 Å². The molecule has 1 aromatic rings. The van der Waals surface area contributed by atoms with Crippen LogP contribution in [0.25, 0.3) is 0 Å². The van der Waals surface area contributed by atoms with Crippen LogP contribution in [0.3, 0.4) is 0 Å². The Kier molecular flexibility index (Phi) is 4.45. The van der Waals surface area contributed by atoms with Crippen LogP contribution in [-0.2, 0) is 10.2 Å². The molecule has 2 aliphatic rings. The number of amides is 1. The standard InChI is InChI=1S/C19H26FNO2/c1-2-18(14-22)9-11-21(12-10-18)17(23)19(7-4-8-19)15-5-3-6-16(20)13-15/h3,5-6,13,22H,2,4,7-12,14H2,1H3. The van der Waals surface area contributed by atoms with Gasteiger partial charge in [0.1, 0.15) is 5.82 Å². The van der Waals surface area contributed by atoms with Gasteiger partial charge in [-0.15, -0.1) is 0 Å². The molecule has 2 fully saturated rings. The van der Waals surface area contributed by atoms with Crippen molar-refractivity contribution in [2.24, 2.45) is 5.41 Å². The summed E-state index contributed by atoms with van der Waals surface area (Å²) in [4.78, 5) is 15.1. The second-order valence-corrected chi connectivity index (χ2v) is 7.25. The molecule has 3 nitrogen and oxygen atoms in total. The Hall–Kier alpha value is -1.42. The molecule has 1 aliphatic carbocycles. The highest BCUT2D eigenvalue weighted by Crippen LogP contribution is 2.46. The van der Waals surface area contributed by atoms with Gasteiger partial charge in [0.25, 0.3) is 0 Å². The molecule has 1 aromatic carbocycles. The average Bonchev–Trinajstić information content (AvgIpc) is 2.54. The lowest BCUT2D eigenvalue weighted by Crippen LogP contribution is -2.54. The highest BCUT2D eigenvalue weighted by molar-refractivity contribution is 5.89. The smallest absolute Gasteiger partial charge is 0.233 e. The van der Waals surface area contributed by atoms with Gasteiger partial charge < -0.3 is 10.0 Å². The van der Waals surface area contributed by atoms with Crippen LogP contribution in [0.5, 0.6) is 0 Å². The molecular formula is C19H26FNO2. The molecule has 0 unspecified atom stereocenters. The van der Waals surface area contributed by atoms with Crippen molar-refractivity contribution in [3.8, 4) is 0 Å². The van der Waals surface area contributed by atoms with Crippen LogP contribution < -0.4 is 0 Å². The maximum absolute atomic E-state index is 13.6. The largest absolute Gasteiger partial charge is 0.396 e. The minimum absolute atomic E-state index is 0.0254. The number of nitrogens with zero attached hydrogens (tertiary/aromatic N) is 1. The van der Waals surface area contributed by atoms with Crippen molar-refractivity contribution in [2.75, 3.05) is 19.7 Å². The zero-order chi connectivity index (χ0) is 16.5. The summed E-state index contributed by atoms with van der Waals surface area (Å²) in [5.41, 5.74) is 0.277. The number of rotatable bonds is 4. The average molecular weight is 319 g/mol. The van der Waals surface area contributed by atoms with E-state index < -0.39 is 5.41 Å². The zero-order valence-corrected chi connectivity index (χ0v) is 13.9. The third-order valence-corrected chi connectivity index (χ3v) is 6.19. The van der Waals surface area contributed by atoms with Gasteiger partial charge in [-0.1, -0.05) is 25.5 Å². The highest BCUT2D eigenvalue weighted by atomic mass is 19.1. The fraction of sp³-hybridized carbons (Fsp3) is 0.632. The number of hydrogen-bond acceptors (Lipinski definition) is 2. The Balaban J connectivity index is 1.77. The van der Waals surface area contributed by atoms with E-state index in [0.29, 0.717) is 13.1 Å². The van der Waals surface area contributed by atoms with Gasteiger partial charge in [-0.25, -0.2) is 4.39 Å². The molecule has 0 spiro atoms. The van der Waals surface area contributed by atoms with E-state index in [1.807, 2.05) is 11.0 Å². The summed E-state index contributed by atoms with van der Waals surface area (Å²) >= 11 is 0. The van der Waals surface area contributed by atoms with E-state index in [-0.39, 0.29) is 23.7 Å². The van der Waals surface area contributed by atoms with Crippen LogP contribution in [0.4, 0.5) is 4.39 Å². The lowest BCUT2D eigenvalue weighted by molar-refractivity contribution is -0.144. The lowest BCUT2D eigenvalue weighted by Gasteiger charge is -2.47. The van der Waals surface area contributed by atoms with Crippen molar-refractivity contribution >= 4 is 5.91 Å². The minimum atomic E-state index is -0.520. The van der Waals surface area contributed by atoms with Gasteiger partial charge in [0, 0.05) is 19.7 Å². The lowest BCUT2D eigenvalue weighted by atomic mass is 9.63. The number of hydrogen-bond donors (Lipinski definition) is 1. The maximum Gasteiger partial charge on any atom is 0.233 e. The monoisotopic (exact) mass is 319 g/mol. The molecule has 4 heteroatoms. The normalized spacial score (nSPS) is 22.5. The molecule has 0 aromatic heterocycles. The number of halogens is 1. The third-order valence-electron chi connectivity index (χ3n) is 6.19. The van der Waals surface area contributed by atoms with E-state index in [2.05, 4.69) is 6.92 Å². The van der Waals surface area contributed by atoms with Crippen molar-refractivity contribution in [3.63, 3.8) is 0 Å². The Morgan fingerprint density at radius 2 is 1.96 bits per heavy atom. The van der Waals surface area contributed by atoms with E-state index in [1.54, 1.807) is 6.07 Å².